The largest absolute Gasteiger partial charge is 0.338 e. The molecule has 0 bridgehead atoms. The molecule has 1 aromatic carbocycles. The smallest absolute Gasteiger partial charge is 0.245 e. The van der Waals surface area contributed by atoms with Gasteiger partial charge in [-0.3, -0.25) is 0 Å². The van der Waals surface area contributed by atoms with E-state index >= 15 is 0 Å². The van der Waals surface area contributed by atoms with Crippen molar-refractivity contribution in [2.24, 2.45) is 5.92 Å². The number of aromatic nitrogens is 3. The quantitative estimate of drug-likeness (QED) is 0.760. The Kier molecular flexibility index (Phi) is 3.16. The first-order chi connectivity index (χ1) is 8.74. The number of hydrogen-bond acceptors (Lipinski definition) is 4. The number of piperidine rings is 1. The second kappa shape index (κ2) is 4.80. The van der Waals surface area contributed by atoms with Gasteiger partial charge in [0.25, 0.3) is 0 Å². The normalized spacial score (nSPS) is 24.4. The Balaban J connectivity index is 1.90. The Morgan fingerprint density at radius 1 is 1.22 bits per heavy atom. The molecule has 18 heavy (non-hydrogen) atoms. The lowest BCUT2D eigenvalue weighted by atomic mass is 9.99. The second-order valence-electron chi connectivity index (χ2n) is 4.83. The number of anilines is 1. The van der Waals surface area contributed by atoms with Crippen LogP contribution in [0, 0.1) is 5.92 Å². The van der Waals surface area contributed by atoms with E-state index in [4.69, 9.17) is 0 Å². The van der Waals surface area contributed by atoms with E-state index in [1.54, 1.807) is 0 Å². The molecule has 2 heterocycles. The van der Waals surface area contributed by atoms with Crippen molar-refractivity contribution in [2.75, 3.05) is 18.0 Å². The first-order valence-electron chi connectivity index (χ1n) is 6.22. The van der Waals surface area contributed by atoms with Gasteiger partial charge in [0, 0.05) is 17.9 Å². The van der Waals surface area contributed by atoms with Crippen LogP contribution in [0.3, 0.4) is 0 Å². The predicted molar refractivity (Wildman–Crippen MR) is 76.0 cm³/mol. The minimum Gasteiger partial charge on any atom is -0.338 e. The van der Waals surface area contributed by atoms with Gasteiger partial charge in [0.2, 0.25) is 5.95 Å². The minimum atomic E-state index is 0.501. The summed E-state index contributed by atoms with van der Waals surface area (Å²) in [5.74, 6) is 1.44. The molecule has 1 saturated heterocycles. The van der Waals surface area contributed by atoms with E-state index in [0.29, 0.717) is 10.7 Å². The van der Waals surface area contributed by atoms with Crippen LogP contribution in [-0.2, 0) is 0 Å². The van der Waals surface area contributed by atoms with Gasteiger partial charge >= 0.3 is 0 Å². The summed E-state index contributed by atoms with van der Waals surface area (Å²) in [5, 5.41) is 8.46. The molecule has 0 saturated carbocycles. The van der Waals surface area contributed by atoms with Gasteiger partial charge < -0.3 is 4.90 Å². The number of halogens is 1. The van der Waals surface area contributed by atoms with Crippen molar-refractivity contribution >= 4 is 32.9 Å². The van der Waals surface area contributed by atoms with Crippen molar-refractivity contribution in [3.8, 4) is 0 Å². The molecule has 0 N–H and O–H groups in total. The summed E-state index contributed by atoms with van der Waals surface area (Å²) >= 11 is 3.72. The van der Waals surface area contributed by atoms with Gasteiger partial charge in [-0.1, -0.05) is 35.0 Å². The Labute approximate surface area is 115 Å². The van der Waals surface area contributed by atoms with Gasteiger partial charge in [0.15, 0.2) is 0 Å². The van der Waals surface area contributed by atoms with Crippen LogP contribution in [-0.4, -0.2) is 33.1 Å². The molecule has 2 atom stereocenters. The molecule has 5 heteroatoms. The highest BCUT2D eigenvalue weighted by Crippen LogP contribution is 2.25. The molecule has 3 rings (SSSR count). The minimum absolute atomic E-state index is 0.501. The van der Waals surface area contributed by atoms with Crippen molar-refractivity contribution in [2.45, 2.75) is 18.2 Å². The molecular formula is C13H15BrN4. The zero-order chi connectivity index (χ0) is 12.5. The highest BCUT2D eigenvalue weighted by atomic mass is 79.9. The van der Waals surface area contributed by atoms with Gasteiger partial charge in [-0.25, -0.2) is 4.98 Å². The average molecular weight is 307 g/mol. The van der Waals surface area contributed by atoms with Crippen LogP contribution in [0.1, 0.15) is 13.3 Å². The number of alkyl halides is 1. The van der Waals surface area contributed by atoms with Gasteiger partial charge in [-0.15, -0.1) is 10.2 Å². The van der Waals surface area contributed by atoms with E-state index in [9.17, 15) is 0 Å². The second-order valence-corrected chi connectivity index (χ2v) is 6.00. The Morgan fingerprint density at radius 3 is 2.78 bits per heavy atom. The number of rotatable bonds is 1. The number of para-hydroxylation sites is 1. The zero-order valence-corrected chi connectivity index (χ0v) is 11.8. The van der Waals surface area contributed by atoms with Crippen LogP contribution in [0.25, 0.3) is 11.0 Å². The molecule has 0 spiro atoms. The molecule has 2 aromatic rings. The van der Waals surface area contributed by atoms with E-state index in [0.717, 1.165) is 36.5 Å². The van der Waals surface area contributed by atoms with Gasteiger partial charge in [0.1, 0.15) is 5.52 Å². The Hall–Kier alpha value is -1.23. The van der Waals surface area contributed by atoms with E-state index in [1.165, 1.54) is 0 Å². The summed E-state index contributed by atoms with van der Waals surface area (Å²) in [4.78, 5) is 7.30. The molecule has 1 aliphatic rings. The van der Waals surface area contributed by atoms with Crippen LogP contribution in [0.5, 0.6) is 0 Å². The van der Waals surface area contributed by atoms with Crippen LogP contribution in [0.15, 0.2) is 24.3 Å². The van der Waals surface area contributed by atoms with Crippen LogP contribution in [0.4, 0.5) is 5.95 Å². The average Bonchev–Trinajstić information content (AvgIpc) is 2.41. The van der Waals surface area contributed by atoms with Crippen molar-refractivity contribution in [3.63, 3.8) is 0 Å². The standard InChI is InChI=1S/C13H15BrN4/c1-9-6-7-18(8-10(9)14)13-15-11-4-2-3-5-12(11)16-17-13/h2-5,9-10H,6-8H2,1H3. The lowest BCUT2D eigenvalue weighted by Crippen LogP contribution is -2.41. The number of hydrogen-bond donors (Lipinski definition) is 0. The highest BCUT2D eigenvalue weighted by molar-refractivity contribution is 9.09. The van der Waals surface area contributed by atoms with Crippen LogP contribution in [0.2, 0.25) is 0 Å². The molecular weight excluding hydrogens is 292 g/mol. The van der Waals surface area contributed by atoms with E-state index in [1.807, 2.05) is 24.3 Å². The van der Waals surface area contributed by atoms with Crippen molar-refractivity contribution < 1.29 is 0 Å². The molecule has 94 valence electrons. The number of nitrogens with zero attached hydrogens (tertiary/aromatic N) is 4. The Bertz CT molecular complexity index is 559. The molecule has 1 fully saturated rings. The fraction of sp³-hybridized carbons (Fsp3) is 0.462. The lowest BCUT2D eigenvalue weighted by Gasteiger charge is -2.33. The maximum Gasteiger partial charge on any atom is 0.245 e. The summed E-state index contributed by atoms with van der Waals surface area (Å²) in [6.45, 7) is 4.22. The molecule has 4 nitrogen and oxygen atoms in total. The molecule has 0 radical (unpaired) electrons. The third-order valence-corrected chi connectivity index (χ3v) is 4.69. The van der Waals surface area contributed by atoms with Crippen molar-refractivity contribution in [3.05, 3.63) is 24.3 Å². The maximum atomic E-state index is 4.59. The predicted octanol–water partition coefficient (Wildman–Crippen LogP) is 2.63. The molecule has 1 aromatic heterocycles. The third kappa shape index (κ3) is 2.19. The van der Waals surface area contributed by atoms with Crippen LogP contribution < -0.4 is 4.90 Å². The monoisotopic (exact) mass is 306 g/mol. The van der Waals surface area contributed by atoms with Crippen molar-refractivity contribution in [1.82, 2.24) is 15.2 Å². The summed E-state index contributed by atoms with van der Waals surface area (Å²) in [5.41, 5.74) is 1.76. The van der Waals surface area contributed by atoms with E-state index in [-0.39, 0.29) is 0 Å². The van der Waals surface area contributed by atoms with Gasteiger partial charge in [0.05, 0.1) is 5.52 Å². The molecule has 0 amide bonds. The molecule has 0 aliphatic carbocycles. The number of fused-ring (bicyclic) bond motifs is 1. The zero-order valence-electron chi connectivity index (χ0n) is 10.3. The third-order valence-electron chi connectivity index (χ3n) is 3.50. The fourth-order valence-corrected chi connectivity index (χ4v) is 2.82. The van der Waals surface area contributed by atoms with E-state index < -0.39 is 0 Å². The molecule has 2 unspecified atom stereocenters. The topological polar surface area (TPSA) is 41.9 Å². The maximum absolute atomic E-state index is 4.59. The first-order valence-corrected chi connectivity index (χ1v) is 7.14. The highest BCUT2D eigenvalue weighted by Gasteiger charge is 2.25. The van der Waals surface area contributed by atoms with Gasteiger partial charge in [-0.05, 0) is 24.5 Å². The first kappa shape index (κ1) is 11.8. The fourth-order valence-electron chi connectivity index (χ4n) is 2.21. The summed E-state index contributed by atoms with van der Waals surface area (Å²) < 4.78 is 0. The lowest BCUT2D eigenvalue weighted by molar-refractivity contribution is 0.451. The van der Waals surface area contributed by atoms with Gasteiger partial charge in [-0.2, -0.15) is 0 Å². The molecule has 1 aliphatic heterocycles. The number of benzene rings is 1. The SMILES string of the molecule is CC1CCN(c2nnc3ccccc3n2)CC1Br. The Morgan fingerprint density at radius 2 is 2.00 bits per heavy atom. The summed E-state index contributed by atoms with van der Waals surface area (Å²) in [6.07, 6.45) is 1.16. The van der Waals surface area contributed by atoms with Crippen molar-refractivity contribution in [1.29, 1.82) is 0 Å². The summed E-state index contributed by atoms with van der Waals surface area (Å²) in [7, 11) is 0. The van der Waals surface area contributed by atoms with Crippen LogP contribution >= 0.6 is 15.9 Å². The van der Waals surface area contributed by atoms with E-state index in [2.05, 4.69) is 42.9 Å². The summed E-state index contributed by atoms with van der Waals surface area (Å²) in [6, 6.07) is 7.85.